The van der Waals surface area contributed by atoms with Crippen molar-refractivity contribution in [3.05, 3.63) is 12.7 Å². The third-order valence-electron chi connectivity index (χ3n) is 1.13. The van der Waals surface area contributed by atoms with Gasteiger partial charge in [-0.25, -0.2) is 0 Å². The van der Waals surface area contributed by atoms with Crippen LogP contribution in [0.2, 0.25) is 0 Å². The Bertz CT molecular complexity index is 331. The maximum absolute atomic E-state index is 10.7. The maximum atomic E-state index is 10.7. The number of hydrogen-bond donors (Lipinski definition) is 2. The zero-order valence-electron chi connectivity index (χ0n) is 6.85. The summed E-state index contributed by atoms with van der Waals surface area (Å²) < 4.78 is 29.5. The summed E-state index contributed by atoms with van der Waals surface area (Å²) in [5.41, 5.74) is 0. The van der Waals surface area contributed by atoms with Gasteiger partial charge in [-0.1, -0.05) is 6.58 Å². The summed E-state index contributed by atoms with van der Waals surface area (Å²) in [6.07, 6.45) is 0.793. The quantitative estimate of drug-likeness (QED) is 0.459. The van der Waals surface area contributed by atoms with E-state index in [0.29, 0.717) is 0 Å². The molecule has 0 aliphatic carbocycles. The summed E-state index contributed by atoms with van der Waals surface area (Å²) in [7, 11) is -4.60. The van der Waals surface area contributed by atoms with E-state index in [4.69, 9.17) is 4.55 Å². The summed E-state index contributed by atoms with van der Waals surface area (Å²) in [4.78, 5) is 21.3. The van der Waals surface area contributed by atoms with Crippen LogP contribution in [0.4, 0.5) is 0 Å². The molecule has 0 saturated heterocycles. The first-order valence-corrected chi connectivity index (χ1v) is 4.69. The zero-order chi connectivity index (χ0) is 10.6. The molecule has 1 atom stereocenters. The number of ketones is 1. The lowest BCUT2D eigenvalue weighted by atomic mass is 10.4. The van der Waals surface area contributed by atoms with Crippen molar-refractivity contribution in [1.82, 2.24) is 5.32 Å². The van der Waals surface area contributed by atoms with E-state index in [2.05, 4.69) is 6.58 Å². The van der Waals surface area contributed by atoms with Crippen molar-refractivity contribution in [3.8, 4) is 0 Å². The molecule has 13 heavy (non-hydrogen) atoms. The van der Waals surface area contributed by atoms with Crippen LogP contribution in [0.25, 0.3) is 0 Å². The molecule has 0 bridgehead atoms. The smallest absolute Gasteiger partial charge is 0.293 e. The second-order valence-electron chi connectivity index (χ2n) is 2.22. The van der Waals surface area contributed by atoms with Crippen LogP contribution in [0.15, 0.2) is 12.7 Å². The molecule has 0 fully saturated rings. The summed E-state index contributed by atoms with van der Waals surface area (Å²) in [5, 5.41) is -0.157. The minimum absolute atomic E-state index is 0.793. The summed E-state index contributed by atoms with van der Waals surface area (Å²) in [6.45, 7) is 3.99. The SMILES string of the molecule is C=CC(=O)NC(C(C)=O)S(=O)(=O)O. The lowest BCUT2D eigenvalue weighted by Gasteiger charge is -2.10. The Morgan fingerprint density at radius 2 is 2.00 bits per heavy atom. The van der Waals surface area contributed by atoms with E-state index < -0.39 is 27.2 Å². The Morgan fingerprint density at radius 1 is 1.54 bits per heavy atom. The summed E-state index contributed by atoms with van der Waals surface area (Å²) in [5.74, 6) is -1.73. The van der Waals surface area contributed by atoms with Gasteiger partial charge in [0.15, 0.2) is 5.78 Å². The highest BCUT2D eigenvalue weighted by atomic mass is 32.2. The van der Waals surface area contributed by atoms with Crippen molar-refractivity contribution >= 4 is 21.8 Å². The van der Waals surface area contributed by atoms with Crippen molar-refractivity contribution in [2.75, 3.05) is 0 Å². The minimum atomic E-state index is -4.60. The Hall–Kier alpha value is -1.21. The average molecular weight is 207 g/mol. The van der Waals surface area contributed by atoms with E-state index in [9.17, 15) is 18.0 Å². The highest BCUT2D eigenvalue weighted by molar-refractivity contribution is 7.87. The molecule has 0 aliphatic rings. The summed E-state index contributed by atoms with van der Waals surface area (Å²) in [6, 6.07) is 0. The van der Waals surface area contributed by atoms with Crippen LogP contribution in [0.1, 0.15) is 6.92 Å². The first-order valence-electron chi connectivity index (χ1n) is 3.18. The van der Waals surface area contributed by atoms with Gasteiger partial charge in [-0.3, -0.25) is 14.1 Å². The van der Waals surface area contributed by atoms with Gasteiger partial charge >= 0.3 is 0 Å². The van der Waals surface area contributed by atoms with Crippen LogP contribution in [0.3, 0.4) is 0 Å². The van der Waals surface area contributed by atoms with Crippen molar-refractivity contribution in [1.29, 1.82) is 0 Å². The molecule has 0 heterocycles. The minimum Gasteiger partial charge on any atom is -0.328 e. The standard InChI is InChI=1S/C6H9NO5S/c1-3-5(9)7-6(4(2)8)13(10,11)12/h3,6H,1H2,2H3,(H,7,9)(H,10,11,12). The molecule has 2 N–H and O–H groups in total. The van der Waals surface area contributed by atoms with Crippen LogP contribution in [-0.2, 0) is 19.7 Å². The molecule has 6 nitrogen and oxygen atoms in total. The van der Waals surface area contributed by atoms with E-state index in [1.54, 1.807) is 5.32 Å². The fourth-order valence-electron chi connectivity index (χ4n) is 0.574. The van der Waals surface area contributed by atoms with E-state index in [1.807, 2.05) is 0 Å². The fraction of sp³-hybridized carbons (Fsp3) is 0.333. The topological polar surface area (TPSA) is 101 Å². The van der Waals surface area contributed by atoms with Gasteiger partial charge in [-0.05, 0) is 13.0 Å². The normalized spacial score (nSPS) is 13.1. The van der Waals surface area contributed by atoms with E-state index >= 15 is 0 Å². The number of hydrogen-bond acceptors (Lipinski definition) is 4. The van der Waals surface area contributed by atoms with Gasteiger partial charge in [-0.15, -0.1) is 0 Å². The molecular weight excluding hydrogens is 198 g/mol. The number of Topliss-reactive ketones (excluding diaryl/α,β-unsaturated/α-hetero) is 1. The largest absolute Gasteiger partial charge is 0.328 e. The Morgan fingerprint density at radius 3 is 2.23 bits per heavy atom. The van der Waals surface area contributed by atoms with Crippen molar-refractivity contribution in [2.45, 2.75) is 12.3 Å². The highest BCUT2D eigenvalue weighted by Crippen LogP contribution is 1.96. The van der Waals surface area contributed by atoms with Gasteiger partial charge < -0.3 is 5.32 Å². The predicted molar refractivity (Wildman–Crippen MR) is 44.4 cm³/mol. The molecule has 7 heteroatoms. The predicted octanol–water partition coefficient (Wildman–Crippen LogP) is -0.908. The molecule has 0 radical (unpaired) electrons. The lowest BCUT2D eigenvalue weighted by molar-refractivity contribution is -0.122. The van der Waals surface area contributed by atoms with Crippen LogP contribution >= 0.6 is 0 Å². The molecule has 0 rings (SSSR count). The monoisotopic (exact) mass is 207 g/mol. The second-order valence-corrected chi connectivity index (χ2v) is 3.72. The molecule has 0 aromatic heterocycles. The van der Waals surface area contributed by atoms with Gasteiger partial charge in [-0.2, -0.15) is 8.42 Å². The molecule has 0 spiro atoms. The van der Waals surface area contributed by atoms with Gasteiger partial charge in [0.25, 0.3) is 10.1 Å². The van der Waals surface area contributed by atoms with E-state index in [1.165, 1.54) is 0 Å². The summed E-state index contributed by atoms with van der Waals surface area (Å²) >= 11 is 0. The Labute approximate surface area is 75.4 Å². The Balaban J connectivity index is 4.76. The van der Waals surface area contributed by atoms with Gasteiger partial charge in [0.2, 0.25) is 11.3 Å². The Kier molecular flexibility index (Phi) is 3.76. The fourth-order valence-corrected chi connectivity index (χ4v) is 1.26. The third kappa shape index (κ3) is 3.81. The van der Waals surface area contributed by atoms with Crippen LogP contribution in [0.5, 0.6) is 0 Å². The molecular formula is C6H9NO5S. The van der Waals surface area contributed by atoms with Crippen molar-refractivity contribution in [3.63, 3.8) is 0 Å². The van der Waals surface area contributed by atoms with Crippen molar-refractivity contribution < 1.29 is 22.6 Å². The first-order chi connectivity index (χ1) is 5.79. The number of carbonyl (C=O) groups excluding carboxylic acids is 2. The number of rotatable bonds is 4. The first kappa shape index (κ1) is 11.8. The highest BCUT2D eigenvalue weighted by Gasteiger charge is 2.28. The van der Waals surface area contributed by atoms with Crippen molar-refractivity contribution in [2.24, 2.45) is 0 Å². The van der Waals surface area contributed by atoms with Crippen LogP contribution in [0, 0.1) is 0 Å². The average Bonchev–Trinajstić information content (AvgIpc) is 1.96. The van der Waals surface area contributed by atoms with Crippen LogP contribution < -0.4 is 5.32 Å². The molecule has 1 amide bonds. The number of amides is 1. The van der Waals surface area contributed by atoms with Gasteiger partial charge in [0, 0.05) is 0 Å². The van der Waals surface area contributed by atoms with Gasteiger partial charge in [0.1, 0.15) is 0 Å². The lowest BCUT2D eigenvalue weighted by Crippen LogP contribution is -2.44. The molecule has 0 saturated carbocycles. The number of nitrogens with one attached hydrogen (secondary N) is 1. The molecule has 1 unspecified atom stereocenters. The maximum Gasteiger partial charge on any atom is 0.293 e. The third-order valence-corrected chi connectivity index (χ3v) is 2.17. The van der Waals surface area contributed by atoms with E-state index in [0.717, 1.165) is 13.0 Å². The molecule has 0 aliphatic heterocycles. The zero-order valence-corrected chi connectivity index (χ0v) is 7.67. The molecule has 0 aromatic rings. The van der Waals surface area contributed by atoms with E-state index in [-0.39, 0.29) is 0 Å². The van der Waals surface area contributed by atoms with Crippen LogP contribution in [-0.4, -0.2) is 30.0 Å². The second kappa shape index (κ2) is 4.15. The molecule has 74 valence electrons. The molecule has 0 aromatic carbocycles. The van der Waals surface area contributed by atoms with Gasteiger partial charge in [0.05, 0.1) is 0 Å². The number of carbonyl (C=O) groups is 2.